The summed E-state index contributed by atoms with van der Waals surface area (Å²) in [6, 6.07) is 13.6. The maximum absolute atomic E-state index is 11.8. The zero-order chi connectivity index (χ0) is 18.9. The van der Waals surface area contributed by atoms with Gasteiger partial charge in [0, 0.05) is 22.4 Å². The van der Waals surface area contributed by atoms with Crippen LogP contribution in [-0.2, 0) is 9.84 Å². The van der Waals surface area contributed by atoms with E-state index < -0.39 is 26.6 Å². The molecule has 0 saturated carbocycles. The Morgan fingerprint density at radius 1 is 1.23 bits per heavy atom. The van der Waals surface area contributed by atoms with Gasteiger partial charge in [0.05, 0.1) is 4.92 Å². The number of nitrogens with one attached hydrogen (secondary N) is 1. The number of nitro benzene ring substituents is 1. The number of benzene rings is 2. The van der Waals surface area contributed by atoms with E-state index in [9.17, 15) is 23.6 Å². The summed E-state index contributed by atoms with van der Waals surface area (Å²) < 4.78 is 24.6. The topological polar surface area (TPSA) is 110 Å². The Morgan fingerprint density at radius 2 is 1.96 bits per heavy atom. The molecule has 136 valence electrons. The molecular formula is C17H16N2O5S2. The molecule has 9 heteroatoms. The van der Waals surface area contributed by atoms with E-state index in [2.05, 4.69) is 5.32 Å². The normalized spacial score (nSPS) is 12.8. The number of hydrogen-bond acceptors (Lipinski definition) is 7. The highest BCUT2D eigenvalue weighted by atomic mass is 32.2. The number of rotatable bonds is 6. The van der Waals surface area contributed by atoms with Gasteiger partial charge in [0.1, 0.15) is 16.7 Å². The predicted octanol–water partition coefficient (Wildman–Crippen LogP) is 3.36. The smallest absolute Gasteiger partial charge is 0.310 e. The molecule has 0 saturated heterocycles. The van der Waals surface area contributed by atoms with E-state index in [1.54, 1.807) is 0 Å². The van der Waals surface area contributed by atoms with Crippen LogP contribution in [0.5, 0.6) is 0 Å². The summed E-state index contributed by atoms with van der Waals surface area (Å²) in [6.45, 7) is 0.0148. The molecule has 2 aromatic carbocycles. The SMILES string of the molecule is CS(=O)(=O)c1cccc(NCC(O)c2cc3ccccc3s2)c1[N+](=O)[O-]. The fourth-order valence-electron chi connectivity index (χ4n) is 2.63. The number of nitrogens with zero attached hydrogens (tertiary/aromatic N) is 1. The predicted molar refractivity (Wildman–Crippen MR) is 101 cm³/mol. The van der Waals surface area contributed by atoms with E-state index in [-0.39, 0.29) is 17.1 Å². The van der Waals surface area contributed by atoms with Crippen LogP contribution in [0.15, 0.2) is 53.4 Å². The molecular weight excluding hydrogens is 376 g/mol. The first kappa shape index (κ1) is 18.3. The van der Waals surface area contributed by atoms with Crippen LogP contribution in [0.2, 0.25) is 0 Å². The van der Waals surface area contributed by atoms with Crippen LogP contribution >= 0.6 is 11.3 Å². The minimum absolute atomic E-state index is 0.0148. The van der Waals surface area contributed by atoms with Crippen LogP contribution in [0.4, 0.5) is 11.4 Å². The van der Waals surface area contributed by atoms with Crippen molar-refractivity contribution >= 4 is 42.6 Å². The monoisotopic (exact) mass is 392 g/mol. The highest BCUT2D eigenvalue weighted by Gasteiger charge is 2.26. The van der Waals surface area contributed by atoms with Crippen LogP contribution in [-0.4, -0.2) is 31.2 Å². The van der Waals surface area contributed by atoms with Gasteiger partial charge in [0.2, 0.25) is 0 Å². The molecule has 0 aliphatic carbocycles. The number of aliphatic hydroxyl groups excluding tert-OH is 1. The first-order valence-electron chi connectivity index (χ1n) is 7.65. The summed E-state index contributed by atoms with van der Waals surface area (Å²) in [7, 11) is -3.75. The Hall–Kier alpha value is -2.49. The lowest BCUT2D eigenvalue weighted by Crippen LogP contribution is -2.13. The van der Waals surface area contributed by atoms with E-state index in [0.29, 0.717) is 0 Å². The van der Waals surface area contributed by atoms with Crippen molar-refractivity contribution < 1.29 is 18.4 Å². The summed E-state index contributed by atoms with van der Waals surface area (Å²) >= 11 is 1.44. The molecule has 0 aliphatic rings. The molecule has 1 unspecified atom stereocenters. The molecule has 3 rings (SSSR count). The van der Waals surface area contributed by atoms with E-state index in [0.717, 1.165) is 21.2 Å². The third-order valence-corrected chi connectivity index (χ3v) is 6.19. The molecule has 0 radical (unpaired) electrons. The van der Waals surface area contributed by atoms with Crippen molar-refractivity contribution in [2.75, 3.05) is 18.1 Å². The molecule has 2 N–H and O–H groups in total. The van der Waals surface area contributed by atoms with E-state index >= 15 is 0 Å². The van der Waals surface area contributed by atoms with Gasteiger partial charge in [-0.1, -0.05) is 24.3 Å². The van der Waals surface area contributed by atoms with Crippen molar-refractivity contribution in [1.82, 2.24) is 0 Å². The number of fused-ring (bicyclic) bond motifs is 1. The summed E-state index contributed by atoms with van der Waals surface area (Å²) in [6.07, 6.45) is 0.0411. The summed E-state index contributed by atoms with van der Waals surface area (Å²) in [5.74, 6) is 0. The molecule has 7 nitrogen and oxygen atoms in total. The van der Waals surface area contributed by atoms with Gasteiger partial charge in [-0.2, -0.15) is 0 Å². The fourth-order valence-corrected chi connectivity index (χ4v) is 4.54. The number of hydrogen-bond donors (Lipinski definition) is 2. The largest absolute Gasteiger partial charge is 0.386 e. The average molecular weight is 392 g/mol. The maximum Gasteiger partial charge on any atom is 0.310 e. The molecule has 0 spiro atoms. The summed E-state index contributed by atoms with van der Waals surface area (Å²) in [5, 5.41) is 25.6. The number of thiophene rings is 1. The van der Waals surface area contributed by atoms with E-state index in [1.807, 2.05) is 30.3 Å². The van der Waals surface area contributed by atoms with E-state index in [1.165, 1.54) is 29.5 Å². The lowest BCUT2D eigenvalue weighted by atomic mass is 10.2. The van der Waals surface area contributed by atoms with Crippen molar-refractivity contribution in [2.45, 2.75) is 11.0 Å². The number of para-hydroxylation sites is 1. The second kappa shape index (κ2) is 7.02. The van der Waals surface area contributed by atoms with Gasteiger partial charge in [0.15, 0.2) is 9.84 Å². The van der Waals surface area contributed by atoms with Crippen LogP contribution in [0, 0.1) is 10.1 Å². The van der Waals surface area contributed by atoms with Crippen molar-refractivity contribution in [3.05, 3.63) is 63.5 Å². The lowest BCUT2D eigenvalue weighted by Gasteiger charge is -2.12. The Morgan fingerprint density at radius 3 is 2.62 bits per heavy atom. The van der Waals surface area contributed by atoms with Crippen molar-refractivity contribution in [1.29, 1.82) is 0 Å². The fraction of sp³-hybridized carbons (Fsp3) is 0.176. The van der Waals surface area contributed by atoms with Gasteiger partial charge in [0.25, 0.3) is 0 Å². The van der Waals surface area contributed by atoms with Crippen molar-refractivity contribution in [3.8, 4) is 0 Å². The Kier molecular flexibility index (Phi) is 4.94. The maximum atomic E-state index is 11.8. The standard InChI is InChI=1S/C17H16N2O5S2/c1-26(23,24)16-8-4-6-12(17(16)19(21)22)18-10-13(20)15-9-11-5-2-3-7-14(11)25-15/h2-9,13,18,20H,10H2,1H3. The second-order valence-corrected chi connectivity index (χ2v) is 8.86. The Labute approximate surface area is 154 Å². The first-order chi connectivity index (χ1) is 12.3. The Balaban J connectivity index is 1.86. The molecule has 0 amide bonds. The van der Waals surface area contributed by atoms with Gasteiger partial charge in [-0.15, -0.1) is 11.3 Å². The molecule has 3 aromatic rings. The molecule has 26 heavy (non-hydrogen) atoms. The van der Waals surface area contributed by atoms with Gasteiger partial charge in [-0.05, 0) is 29.7 Å². The number of anilines is 1. The third kappa shape index (κ3) is 3.69. The van der Waals surface area contributed by atoms with Crippen molar-refractivity contribution in [2.24, 2.45) is 0 Å². The van der Waals surface area contributed by atoms with Gasteiger partial charge < -0.3 is 10.4 Å². The number of aliphatic hydroxyl groups is 1. The van der Waals surface area contributed by atoms with Crippen LogP contribution in [0.1, 0.15) is 11.0 Å². The molecule has 1 heterocycles. The zero-order valence-electron chi connectivity index (χ0n) is 13.7. The minimum atomic E-state index is -3.75. The quantitative estimate of drug-likeness (QED) is 0.492. The second-order valence-electron chi connectivity index (χ2n) is 5.76. The van der Waals surface area contributed by atoms with Gasteiger partial charge in [-0.25, -0.2) is 8.42 Å². The highest BCUT2D eigenvalue weighted by Crippen LogP contribution is 2.33. The Bertz CT molecular complexity index is 1040. The van der Waals surface area contributed by atoms with Crippen molar-refractivity contribution in [3.63, 3.8) is 0 Å². The minimum Gasteiger partial charge on any atom is -0.386 e. The zero-order valence-corrected chi connectivity index (χ0v) is 15.4. The summed E-state index contributed by atoms with van der Waals surface area (Å²) in [4.78, 5) is 11.0. The van der Waals surface area contributed by atoms with E-state index in [4.69, 9.17) is 0 Å². The van der Waals surface area contributed by atoms with Gasteiger partial charge in [-0.3, -0.25) is 10.1 Å². The average Bonchev–Trinajstić information content (AvgIpc) is 3.02. The highest BCUT2D eigenvalue weighted by molar-refractivity contribution is 7.90. The molecule has 1 atom stereocenters. The summed E-state index contributed by atoms with van der Waals surface area (Å²) in [5.41, 5.74) is -0.461. The number of sulfone groups is 1. The van der Waals surface area contributed by atoms with Crippen LogP contribution in [0.25, 0.3) is 10.1 Å². The third-order valence-electron chi connectivity index (χ3n) is 3.84. The van der Waals surface area contributed by atoms with Gasteiger partial charge >= 0.3 is 5.69 Å². The molecule has 0 fully saturated rings. The molecule has 0 bridgehead atoms. The first-order valence-corrected chi connectivity index (χ1v) is 10.4. The number of nitro groups is 1. The lowest BCUT2D eigenvalue weighted by molar-refractivity contribution is -0.386. The molecule has 1 aromatic heterocycles. The molecule has 0 aliphatic heterocycles. The van der Waals surface area contributed by atoms with Crippen LogP contribution in [0.3, 0.4) is 0 Å². The van der Waals surface area contributed by atoms with Crippen LogP contribution < -0.4 is 5.32 Å².